The number of benzene rings is 2. The average Bonchev–Trinajstić information content (AvgIpc) is 2.72. The van der Waals surface area contributed by atoms with Gasteiger partial charge in [-0.1, -0.05) is 48.5 Å². The molecule has 6 nitrogen and oxygen atoms in total. The molecule has 0 spiro atoms. The molecule has 6 heteroatoms. The van der Waals surface area contributed by atoms with Crippen LogP contribution in [0.1, 0.15) is 44.7 Å². The molecule has 0 heterocycles. The van der Waals surface area contributed by atoms with Crippen molar-refractivity contribution in [3.63, 3.8) is 0 Å². The highest BCUT2D eigenvalue weighted by Crippen LogP contribution is 2.34. The van der Waals surface area contributed by atoms with Gasteiger partial charge < -0.3 is 10.2 Å². The molecule has 0 saturated carbocycles. The number of fused-ring (bicyclic) bond motifs is 2. The molecule has 2 aromatic rings. The zero-order chi connectivity index (χ0) is 20.0. The standard InChI is InChI=1S/C22H14O6/c23-17-11-5-1-3-7-13(11)19(25)21(27)15(17)9-10-16-18(24)12-6-2-4-8-14(12)20(26)22(16)28/h1-8,23-24H,9-10H2. The number of allylic oxidation sites excluding steroid dienone is 2. The zero-order valence-corrected chi connectivity index (χ0v) is 14.6. The molecule has 0 atom stereocenters. The van der Waals surface area contributed by atoms with E-state index in [0.717, 1.165) is 0 Å². The smallest absolute Gasteiger partial charge is 0.234 e. The van der Waals surface area contributed by atoms with Crippen LogP contribution in [0.3, 0.4) is 0 Å². The molecular weight excluding hydrogens is 360 g/mol. The predicted octanol–water partition coefficient (Wildman–Crippen LogP) is 3.24. The molecule has 4 rings (SSSR count). The van der Waals surface area contributed by atoms with E-state index >= 15 is 0 Å². The van der Waals surface area contributed by atoms with E-state index in [0.29, 0.717) is 0 Å². The Morgan fingerprint density at radius 2 is 0.821 bits per heavy atom. The summed E-state index contributed by atoms with van der Waals surface area (Å²) in [5.74, 6) is -3.83. The molecule has 0 unspecified atom stereocenters. The van der Waals surface area contributed by atoms with Crippen LogP contribution in [0.4, 0.5) is 0 Å². The van der Waals surface area contributed by atoms with Crippen molar-refractivity contribution < 1.29 is 29.4 Å². The van der Waals surface area contributed by atoms with Crippen molar-refractivity contribution in [3.05, 3.63) is 81.9 Å². The maximum absolute atomic E-state index is 12.4. The first-order valence-electron chi connectivity index (χ1n) is 8.63. The van der Waals surface area contributed by atoms with E-state index in [1.165, 1.54) is 24.3 Å². The molecule has 0 bridgehead atoms. The number of hydrogen-bond donors (Lipinski definition) is 2. The lowest BCUT2D eigenvalue weighted by Crippen LogP contribution is -2.26. The molecular formula is C22H14O6. The van der Waals surface area contributed by atoms with Crippen LogP contribution in [0.2, 0.25) is 0 Å². The highest BCUT2D eigenvalue weighted by atomic mass is 16.3. The summed E-state index contributed by atoms with van der Waals surface area (Å²) in [6, 6.07) is 12.4. The molecule has 2 N–H and O–H groups in total. The second kappa shape index (κ2) is 6.42. The van der Waals surface area contributed by atoms with Crippen molar-refractivity contribution in [2.24, 2.45) is 0 Å². The van der Waals surface area contributed by atoms with Gasteiger partial charge in [0.2, 0.25) is 23.1 Å². The van der Waals surface area contributed by atoms with E-state index in [9.17, 15) is 29.4 Å². The molecule has 0 aromatic heterocycles. The number of aliphatic hydroxyl groups is 2. The number of carbonyl (C=O) groups excluding carboxylic acids is 4. The van der Waals surface area contributed by atoms with Gasteiger partial charge in [-0.2, -0.15) is 0 Å². The van der Waals surface area contributed by atoms with Crippen LogP contribution in [0, 0.1) is 0 Å². The van der Waals surface area contributed by atoms with Crippen LogP contribution in [0.5, 0.6) is 0 Å². The number of hydrogen-bond acceptors (Lipinski definition) is 6. The normalized spacial score (nSPS) is 16.4. The van der Waals surface area contributed by atoms with Gasteiger partial charge in [-0.25, -0.2) is 0 Å². The number of aliphatic hydroxyl groups excluding tert-OH is 2. The molecule has 138 valence electrons. The molecule has 2 aliphatic rings. The fraction of sp³-hybridized carbons (Fsp3) is 0.0909. The molecule has 0 saturated heterocycles. The van der Waals surface area contributed by atoms with Crippen LogP contribution in [0.25, 0.3) is 11.5 Å². The minimum Gasteiger partial charge on any atom is -0.507 e. The summed E-state index contributed by atoms with van der Waals surface area (Å²) in [7, 11) is 0. The quantitative estimate of drug-likeness (QED) is 0.799. The lowest BCUT2D eigenvalue weighted by molar-refractivity contribution is -0.113. The van der Waals surface area contributed by atoms with Gasteiger partial charge in [0, 0.05) is 33.4 Å². The van der Waals surface area contributed by atoms with E-state index in [1.54, 1.807) is 24.3 Å². The molecule has 0 fully saturated rings. The van der Waals surface area contributed by atoms with Gasteiger partial charge in [0.25, 0.3) is 0 Å². The summed E-state index contributed by atoms with van der Waals surface area (Å²) in [4.78, 5) is 49.4. The van der Waals surface area contributed by atoms with Gasteiger partial charge in [-0.3, -0.25) is 19.2 Å². The van der Waals surface area contributed by atoms with E-state index in [-0.39, 0.29) is 57.8 Å². The Morgan fingerprint density at radius 3 is 1.18 bits per heavy atom. The Hall–Kier alpha value is -3.80. The SMILES string of the molecule is O=C1C(=O)c2ccccc2C(O)=C1CCC1=C(O)c2ccccc2C(=O)C1=O. The third-order valence-electron chi connectivity index (χ3n) is 5.01. The molecule has 2 aromatic carbocycles. The topological polar surface area (TPSA) is 109 Å². The Kier molecular flexibility index (Phi) is 4.04. The van der Waals surface area contributed by atoms with Crippen molar-refractivity contribution in [1.82, 2.24) is 0 Å². The molecule has 0 amide bonds. The maximum atomic E-state index is 12.4. The van der Waals surface area contributed by atoms with Crippen molar-refractivity contribution in [2.75, 3.05) is 0 Å². The lowest BCUT2D eigenvalue weighted by atomic mass is 9.83. The first-order valence-corrected chi connectivity index (χ1v) is 8.63. The average molecular weight is 374 g/mol. The summed E-state index contributed by atoms with van der Waals surface area (Å²) < 4.78 is 0. The van der Waals surface area contributed by atoms with Crippen LogP contribution in [-0.2, 0) is 9.59 Å². The van der Waals surface area contributed by atoms with Crippen molar-refractivity contribution in [3.8, 4) is 0 Å². The van der Waals surface area contributed by atoms with Crippen LogP contribution in [0.15, 0.2) is 59.7 Å². The Labute approximate surface area is 159 Å². The van der Waals surface area contributed by atoms with Crippen LogP contribution in [-0.4, -0.2) is 33.3 Å². The fourth-order valence-electron chi connectivity index (χ4n) is 3.55. The summed E-state index contributed by atoms with van der Waals surface area (Å²) in [6.45, 7) is 0. The molecule has 0 aliphatic heterocycles. The van der Waals surface area contributed by atoms with Crippen LogP contribution >= 0.6 is 0 Å². The van der Waals surface area contributed by atoms with E-state index < -0.39 is 23.1 Å². The maximum Gasteiger partial charge on any atom is 0.234 e. The highest BCUT2D eigenvalue weighted by molar-refractivity contribution is 6.53. The van der Waals surface area contributed by atoms with Gasteiger partial charge in [0.1, 0.15) is 11.5 Å². The third-order valence-corrected chi connectivity index (χ3v) is 5.01. The minimum atomic E-state index is -0.855. The first kappa shape index (κ1) is 17.6. The second-order valence-corrected chi connectivity index (χ2v) is 6.56. The first-order chi connectivity index (χ1) is 13.4. The summed E-state index contributed by atoms with van der Waals surface area (Å²) in [5, 5.41) is 20.9. The van der Waals surface area contributed by atoms with Crippen molar-refractivity contribution >= 4 is 34.7 Å². The van der Waals surface area contributed by atoms with Crippen molar-refractivity contribution in [2.45, 2.75) is 12.8 Å². The largest absolute Gasteiger partial charge is 0.507 e. The summed E-state index contributed by atoms with van der Waals surface area (Å²) in [5.41, 5.74) is 0.460. The van der Waals surface area contributed by atoms with Gasteiger partial charge in [0.05, 0.1) is 0 Å². The third kappa shape index (κ3) is 2.50. The summed E-state index contributed by atoms with van der Waals surface area (Å²) in [6.07, 6.45) is -0.323. The molecule has 2 aliphatic carbocycles. The van der Waals surface area contributed by atoms with Crippen molar-refractivity contribution in [1.29, 1.82) is 0 Å². The second-order valence-electron chi connectivity index (χ2n) is 6.56. The Balaban J connectivity index is 1.72. The van der Waals surface area contributed by atoms with E-state index in [1.807, 2.05) is 0 Å². The number of carbonyl (C=O) groups is 4. The monoisotopic (exact) mass is 374 g/mol. The minimum absolute atomic E-state index is 0.119. The van der Waals surface area contributed by atoms with Crippen LogP contribution < -0.4 is 0 Å². The fourth-order valence-corrected chi connectivity index (χ4v) is 3.55. The Morgan fingerprint density at radius 1 is 0.500 bits per heavy atom. The predicted molar refractivity (Wildman–Crippen MR) is 99.9 cm³/mol. The Bertz CT molecular complexity index is 1060. The number of Topliss-reactive ketones (excluding diaryl/α,β-unsaturated/α-hetero) is 4. The molecule has 0 radical (unpaired) electrons. The van der Waals surface area contributed by atoms with Gasteiger partial charge in [-0.05, 0) is 12.8 Å². The van der Waals surface area contributed by atoms with E-state index in [4.69, 9.17) is 0 Å². The molecule has 28 heavy (non-hydrogen) atoms. The van der Waals surface area contributed by atoms with Gasteiger partial charge in [-0.15, -0.1) is 0 Å². The van der Waals surface area contributed by atoms with E-state index in [2.05, 4.69) is 0 Å². The zero-order valence-electron chi connectivity index (χ0n) is 14.6. The van der Waals surface area contributed by atoms with Gasteiger partial charge in [0.15, 0.2) is 0 Å². The van der Waals surface area contributed by atoms with Gasteiger partial charge >= 0.3 is 0 Å². The lowest BCUT2D eigenvalue weighted by Gasteiger charge is -2.20. The highest BCUT2D eigenvalue weighted by Gasteiger charge is 2.35. The summed E-state index contributed by atoms with van der Waals surface area (Å²) >= 11 is 0. The number of ketones is 4. The number of rotatable bonds is 3.